The van der Waals surface area contributed by atoms with Crippen molar-refractivity contribution in [1.29, 1.82) is 0 Å². The first kappa shape index (κ1) is 22.5. The van der Waals surface area contributed by atoms with Crippen LogP contribution in [-0.2, 0) is 11.3 Å². The Morgan fingerprint density at radius 1 is 0.964 bits per heavy atom. The molecule has 1 saturated heterocycles. The minimum absolute atomic E-state index is 0.256. The van der Waals surface area contributed by atoms with E-state index in [2.05, 4.69) is 46.8 Å². The molecule has 28 heavy (non-hydrogen) atoms. The van der Waals surface area contributed by atoms with E-state index >= 15 is 0 Å². The molecule has 6 nitrogen and oxygen atoms in total. The standard InChI is InChI=1S/C22H37N3O3/c1-16(2)25(17(3)4)22(26)15-24-10-8-23(9-11-24)14-19-13-21(28-7)20(27-6)12-18(19)5/h12-13,16-17H,8-11,14-15H2,1-7H3/p+2. The van der Waals surface area contributed by atoms with Gasteiger partial charge in [-0.05, 0) is 52.3 Å². The molecule has 0 radical (unpaired) electrons. The van der Waals surface area contributed by atoms with Crippen LogP contribution in [-0.4, -0.2) is 69.8 Å². The topological polar surface area (TPSA) is 47.7 Å². The van der Waals surface area contributed by atoms with Crippen LogP contribution >= 0.6 is 0 Å². The maximum atomic E-state index is 12.7. The van der Waals surface area contributed by atoms with Gasteiger partial charge in [0.2, 0.25) is 0 Å². The summed E-state index contributed by atoms with van der Waals surface area (Å²) in [6.07, 6.45) is 0. The smallest absolute Gasteiger partial charge is 0.278 e. The van der Waals surface area contributed by atoms with E-state index in [-0.39, 0.29) is 18.0 Å². The van der Waals surface area contributed by atoms with Gasteiger partial charge in [0.15, 0.2) is 18.0 Å². The zero-order chi connectivity index (χ0) is 20.8. The monoisotopic (exact) mass is 393 g/mol. The number of carbonyl (C=O) groups excluding carboxylic acids is 1. The summed E-state index contributed by atoms with van der Waals surface area (Å²) >= 11 is 0. The van der Waals surface area contributed by atoms with Crippen molar-refractivity contribution < 1.29 is 24.1 Å². The molecule has 0 saturated carbocycles. The lowest BCUT2D eigenvalue weighted by Gasteiger charge is -2.34. The number of carbonyl (C=O) groups is 1. The number of amides is 1. The number of nitrogens with zero attached hydrogens (tertiary/aromatic N) is 1. The Labute approximate surface area is 170 Å². The van der Waals surface area contributed by atoms with Crippen molar-refractivity contribution in [2.24, 2.45) is 0 Å². The summed E-state index contributed by atoms with van der Waals surface area (Å²) in [7, 11) is 3.35. The molecule has 1 aliphatic rings. The van der Waals surface area contributed by atoms with Crippen molar-refractivity contribution in [2.75, 3.05) is 46.9 Å². The third kappa shape index (κ3) is 5.61. The first-order valence-corrected chi connectivity index (χ1v) is 10.5. The van der Waals surface area contributed by atoms with E-state index in [1.54, 1.807) is 19.1 Å². The van der Waals surface area contributed by atoms with E-state index < -0.39 is 0 Å². The van der Waals surface area contributed by atoms with Crippen LogP contribution in [0.5, 0.6) is 11.5 Å². The molecule has 1 amide bonds. The fourth-order valence-electron chi connectivity index (χ4n) is 4.27. The molecule has 158 valence electrons. The summed E-state index contributed by atoms with van der Waals surface area (Å²) in [5, 5.41) is 0. The lowest BCUT2D eigenvalue weighted by molar-refractivity contribution is -1.02. The summed E-state index contributed by atoms with van der Waals surface area (Å²) < 4.78 is 10.9. The molecule has 0 bridgehead atoms. The maximum Gasteiger partial charge on any atom is 0.278 e. The highest BCUT2D eigenvalue weighted by molar-refractivity contribution is 5.77. The van der Waals surface area contributed by atoms with Crippen LogP contribution in [0.3, 0.4) is 0 Å². The second kappa shape index (κ2) is 10.1. The van der Waals surface area contributed by atoms with Crippen LogP contribution < -0.4 is 19.3 Å². The van der Waals surface area contributed by atoms with Gasteiger partial charge >= 0.3 is 0 Å². The van der Waals surface area contributed by atoms with E-state index in [4.69, 9.17) is 9.47 Å². The Morgan fingerprint density at radius 2 is 1.46 bits per heavy atom. The summed E-state index contributed by atoms with van der Waals surface area (Å²) in [4.78, 5) is 17.7. The highest BCUT2D eigenvalue weighted by Gasteiger charge is 2.29. The summed E-state index contributed by atoms with van der Waals surface area (Å²) in [5.74, 6) is 1.85. The molecule has 0 aromatic heterocycles. The van der Waals surface area contributed by atoms with Crippen LogP contribution in [0.2, 0.25) is 0 Å². The summed E-state index contributed by atoms with van der Waals surface area (Å²) in [5.41, 5.74) is 2.54. The van der Waals surface area contributed by atoms with Crippen molar-refractivity contribution in [3.63, 3.8) is 0 Å². The fraction of sp³-hybridized carbons (Fsp3) is 0.682. The molecule has 1 aromatic carbocycles. The number of hydrogen-bond donors (Lipinski definition) is 2. The van der Waals surface area contributed by atoms with Gasteiger partial charge in [-0.15, -0.1) is 0 Å². The molecule has 1 heterocycles. The van der Waals surface area contributed by atoms with E-state index in [0.29, 0.717) is 6.54 Å². The van der Waals surface area contributed by atoms with E-state index in [1.165, 1.54) is 16.0 Å². The number of methoxy groups -OCH3 is 2. The van der Waals surface area contributed by atoms with Gasteiger partial charge < -0.3 is 24.2 Å². The van der Waals surface area contributed by atoms with Crippen molar-refractivity contribution >= 4 is 5.91 Å². The molecule has 1 aromatic rings. The fourth-order valence-corrected chi connectivity index (χ4v) is 4.27. The van der Waals surface area contributed by atoms with Crippen molar-refractivity contribution in [3.8, 4) is 11.5 Å². The van der Waals surface area contributed by atoms with Gasteiger partial charge in [-0.25, -0.2) is 0 Å². The highest BCUT2D eigenvalue weighted by Crippen LogP contribution is 2.29. The first-order valence-electron chi connectivity index (χ1n) is 10.5. The van der Waals surface area contributed by atoms with Crippen LogP contribution in [0.15, 0.2) is 12.1 Å². The lowest BCUT2D eigenvalue weighted by atomic mass is 10.1. The minimum atomic E-state index is 0.256. The van der Waals surface area contributed by atoms with Crippen molar-refractivity contribution in [1.82, 2.24) is 4.90 Å². The Hall–Kier alpha value is -1.79. The number of nitrogens with one attached hydrogen (secondary N) is 2. The Balaban J connectivity index is 1.91. The highest BCUT2D eigenvalue weighted by atomic mass is 16.5. The molecule has 0 unspecified atom stereocenters. The SMILES string of the molecule is COc1cc(C)c(C[NH+]2CC[NH+](CC(=O)N(C(C)C)C(C)C)CC2)cc1OC. The van der Waals surface area contributed by atoms with Crippen LogP contribution in [0.1, 0.15) is 38.8 Å². The van der Waals surface area contributed by atoms with E-state index in [0.717, 1.165) is 44.2 Å². The minimum Gasteiger partial charge on any atom is -0.493 e. The van der Waals surface area contributed by atoms with Gasteiger partial charge in [-0.3, -0.25) is 4.79 Å². The van der Waals surface area contributed by atoms with Crippen LogP contribution in [0.25, 0.3) is 0 Å². The van der Waals surface area contributed by atoms with E-state index in [1.807, 2.05) is 4.90 Å². The molecule has 1 aliphatic heterocycles. The Kier molecular flexibility index (Phi) is 8.13. The van der Waals surface area contributed by atoms with Gasteiger partial charge in [0.1, 0.15) is 32.7 Å². The number of hydrogen-bond acceptors (Lipinski definition) is 3. The third-order valence-corrected chi connectivity index (χ3v) is 5.75. The second-order valence-corrected chi connectivity index (χ2v) is 8.48. The van der Waals surface area contributed by atoms with Crippen LogP contribution in [0, 0.1) is 6.92 Å². The molecule has 1 fully saturated rings. The summed E-state index contributed by atoms with van der Waals surface area (Å²) in [6, 6.07) is 4.67. The average Bonchev–Trinajstić information content (AvgIpc) is 2.63. The van der Waals surface area contributed by atoms with E-state index in [9.17, 15) is 4.79 Å². The predicted octanol–water partition coefficient (Wildman–Crippen LogP) is -0.0590. The van der Waals surface area contributed by atoms with Crippen molar-refractivity contribution in [2.45, 2.75) is 53.2 Å². The Morgan fingerprint density at radius 3 is 1.96 bits per heavy atom. The normalized spacial score (nSPS) is 19.8. The second-order valence-electron chi connectivity index (χ2n) is 8.48. The third-order valence-electron chi connectivity index (χ3n) is 5.75. The molecule has 2 N–H and O–H groups in total. The largest absolute Gasteiger partial charge is 0.493 e. The van der Waals surface area contributed by atoms with Gasteiger partial charge in [-0.2, -0.15) is 0 Å². The zero-order valence-corrected chi connectivity index (χ0v) is 18.7. The zero-order valence-electron chi connectivity index (χ0n) is 18.7. The van der Waals surface area contributed by atoms with Gasteiger partial charge in [0.05, 0.1) is 14.2 Å². The number of quaternary nitrogens is 2. The number of rotatable bonds is 8. The molecular weight excluding hydrogens is 354 g/mol. The van der Waals surface area contributed by atoms with Crippen LogP contribution in [0.4, 0.5) is 0 Å². The number of ether oxygens (including phenoxy) is 2. The number of piperazine rings is 1. The maximum absolute atomic E-state index is 12.7. The molecule has 0 aliphatic carbocycles. The van der Waals surface area contributed by atoms with Crippen molar-refractivity contribution in [3.05, 3.63) is 23.3 Å². The predicted molar refractivity (Wildman–Crippen MR) is 111 cm³/mol. The molecule has 0 spiro atoms. The lowest BCUT2D eigenvalue weighted by Crippen LogP contribution is -3.28. The summed E-state index contributed by atoms with van der Waals surface area (Å²) in [6.45, 7) is 16.4. The number of aryl methyl sites for hydroxylation is 1. The molecular formula is C22H39N3O3+2. The number of benzene rings is 1. The Bertz CT molecular complexity index is 645. The molecule has 6 heteroatoms. The van der Waals surface area contributed by atoms with Gasteiger partial charge in [0.25, 0.3) is 5.91 Å². The average molecular weight is 394 g/mol. The molecule has 2 rings (SSSR count). The van der Waals surface area contributed by atoms with Gasteiger partial charge in [0, 0.05) is 17.6 Å². The van der Waals surface area contributed by atoms with Gasteiger partial charge in [-0.1, -0.05) is 0 Å². The molecule has 0 atom stereocenters. The first-order chi connectivity index (χ1) is 13.3. The quantitative estimate of drug-likeness (QED) is 0.651.